The number of fused-ring (bicyclic) bond motifs is 1. The van der Waals surface area contributed by atoms with Gasteiger partial charge in [-0.15, -0.1) is 0 Å². The summed E-state index contributed by atoms with van der Waals surface area (Å²) < 4.78 is 0. The van der Waals surface area contributed by atoms with Gasteiger partial charge in [0, 0.05) is 23.2 Å². The van der Waals surface area contributed by atoms with Gasteiger partial charge in [0.1, 0.15) is 0 Å². The molecule has 0 aliphatic carbocycles. The van der Waals surface area contributed by atoms with Gasteiger partial charge in [0.15, 0.2) is 11.5 Å². The highest BCUT2D eigenvalue weighted by Gasteiger charge is 2.22. The van der Waals surface area contributed by atoms with Crippen LogP contribution >= 0.6 is 0 Å². The van der Waals surface area contributed by atoms with E-state index in [-0.39, 0.29) is 17.9 Å². The van der Waals surface area contributed by atoms with Crippen LogP contribution in [-0.4, -0.2) is 28.1 Å². The predicted molar refractivity (Wildman–Crippen MR) is 71.0 cm³/mol. The molecule has 0 saturated carbocycles. The molecule has 1 aromatic heterocycles. The van der Waals surface area contributed by atoms with Crippen molar-refractivity contribution >= 4 is 34.4 Å². The van der Waals surface area contributed by atoms with Gasteiger partial charge in [-0.2, -0.15) is 0 Å². The van der Waals surface area contributed by atoms with Crippen molar-refractivity contribution in [3.63, 3.8) is 0 Å². The minimum atomic E-state index is -1.13. The number of nitrogens with zero attached hydrogens (tertiary/aromatic N) is 1. The number of aromatic amines is 1. The lowest BCUT2D eigenvalue weighted by Gasteiger charge is -2.10. The number of ketones is 1. The fourth-order valence-electron chi connectivity index (χ4n) is 2.16. The Morgan fingerprint density at radius 1 is 1.32 bits per heavy atom. The number of Topliss-reactive ketones (excluding diaryl/α,β-unsaturated/α-hetero) is 1. The van der Waals surface area contributed by atoms with E-state index in [1.165, 1.54) is 0 Å². The second-order valence-corrected chi connectivity index (χ2v) is 4.30. The van der Waals surface area contributed by atoms with Crippen molar-refractivity contribution in [3.8, 4) is 0 Å². The van der Waals surface area contributed by atoms with Gasteiger partial charge in [-0.25, -0.2) is 9.79 Å². The molecule has 19 heavy (non-hydrogen) atoms. The zero-order valence-corrected chi connectivity index (χ0v) is 9.88. The number of aliphatic imine (C=N–C) groups is 1. The molecule has 2 N–H and O–H groups in total. The molecule has 0 bridgehead atoms. The van der Waals surface area contributed by atoms with E-state index in [9.17, 15) is 9.59 Å². The summed E-state index contributed by atoms with van der Waals surface area (Å²) in [5.74, 6) is -1.32. The van der Waals surface area contributed by atoms with E-state index in [4.69, 9.17) is 5.11 Å². The van der Waals surface area contributed by atoms with Crippen LogP contribution in [0.25, 0.3) is 16.5 Å². The van der Waals surface area contributed by atoms with Gasteiger partial charge in [-0.05, 0) is 17.5 Å². The first-order chi connectivity index (χ1) is 9.15. The number of carboxylic acid groups (broad SMARTS) is 1. The number of benzene rings is 1. The van der Waals surface area contributed by atoms with Crippen LogP contribution in [0.2, 0.25) is 0 Å². The number of aromatic nitrogens is 1. The highest BCUT2D eigenvalue weighted by Crippen LogP contribution is 2.28. The maximum atomic E-state index is 11.4. The summed E-state index contributed by atoms with van der Waals surface area (Å²) in [5.41, 5.74) is 1.88. The molecule has 2 aromatic rings. The Balaban J connectivity index is 2.19. The Bertz CT molecular complexity index is 720. The molecule has 5 nitrogen and oxygen atoms in total. The molecule has 0 amide bonds. The minimum absolute atomic E-state index is 0.0535. The fourth-order valence-corrected chi connectivity index (χ4v) is 2.16. The summed E-state index contributed by atoms with van der Waals surface area (Å²) >= 11 is 0. The molecule has 0 spiro atoms. The highest BCUT2D eigenvalue weighted by atomic mass is 16.4. The van der Waals surface area contributed by atoms with Crippen LogP contribution in [0, 0.1) is 0 Å². The minimum Gasteiger partial charge on any atom is -0.477 e. The number of nitrogens with one attached hydrogen (secondary N) is 1. The third-order valence-electron chi connectivity index (χ3n) is 3.03. The Labute approximate surface area is 108 Å². The zero-order valence-electron chi connectivity index (χ0n) is 9.88. The van der Waals surface area contributed by atoms with Crippen LogP contribution < -0.4 is 0 Å². The van der Waals surface area contributed by atoms with Crippen LogP contribution in [0.1, 0.15) is 12.1 Å². The molecule has 1 aromatic carbocycles. The van der Waals surface area contributed by atoms with Crippen LogP contribution in [-0.2, 0) is 9.59 Å². The maximum absolute atomic E-state index is 11.4. The van der Waals surface area contributed by atoms with Crippen molar-refractivity contribution in [3.05, 3.63) is 41.7 Å². The van der Waals surface area contributed by atoms with Gasteiger partial charge >= 0.3 is 5.97 Å². The molecule has 1 aliphatic rings. The van der Waals surface area contributed by atoms with Crippen molar-refractivity contribution < 1.29 is 14.7 Å². The van der Waals surface area contributed by atoms with Gasteiger partial charge in [0.2, 0.25) is 0 Å². The monoisotopic (exact) mass is 254 g/mol. The molecule has 0 saturated heterocycles. The summed E-state index contributed by atoms with van der Waals surface area (Å²) in [6.45, 7) is 0. The fraction of sp³-hybridized carbons (Fsp3) is 0.0714. The number of aliphatic carboxylic acids is 1. The molecular formula is C14H10N2O3. The van der Waals surface area contributed by atoms with E-state index in [0.29, 0.717) is 11.3 Å². The lowest BCUT2D eigenvalue weighted by atomic mass is 10.0. The number of carbonyl (C=O) groups is 2. The van der Waals surface area contributed by atoms with Crippen LogP contribution in [0.5, 0.6) is 0 Å². The number of hydrogen-bond acceptors (Lipinski definition) is 3. The molecule has 5 heteroatoms. The Hall–Kier alpha value is -2.69. The standard InChI is InChI=1S/C14H10N2O3/c17-9-6-10(13(14(18)19)15-7-9)12-5-8-3-1-2-4-11(8)16-12/h1-5,7,16H,6H2,(H,18,19). The summed E-state index contributed by atoms with van der Waals surface area (Å²) in [6.07, 6.45) is 1.12. The molecule has 2 heterocycles. The lowest BCUT2D eigenvalue weighted by molar-refractivity contribution is -0.132. The van der Waals surface area contributed by atoms with Crippen LogP contribution in [0.15, 0.2) is 41.0 Å². The van der Waals surface area contributed by atoms with Gasteiger partial charge in [0.25, 0.3) is 0 Å². The van der Waals surface area contributed by atoms with Crippen molar-refractivity contribution in [1.82, 2.24) is 4.98 Å². The number of H-pyrrole nitrogens is 1. The molecule has 1 aliphatic heterocycles. The smallest absolute Gasteiger partial charge is 0.354 e. The Kier molecular flexibility index (Phi) is 2.52. The molecule has 0 atom stereocenters. The van der Waals surface area contributed by atoms with Gasteiger partial charge in [-0.1, -0.05) is 18.2 Å². The number of para-hydroxylation sites is 1. The second-order valence-electron chi connectivity index (χ2n) is 4.30. The summed E-state index contributed by atoms with van der Waals surface area (Å²) in [7, 11) is 0. The average Bonchev–Trinajstić information content (AvgIpc) is 2.81. The normalized spacial score (nSPS) is 15.3. The van der Waals surface area contributed by atoms with Crippen molar-refractivity contribution in [2.75, 3.05) is 0 Å². The average molecular weight is 254 g/mol. The van der Waals surface area contributed by atoms with E-state index in [1.54, 1.807) is 0 Å². The number of carbonyl (C=O) groups excluding carboxylic acids is 1. The number of allylic oxidation sites excluding steroid dienone is 1. The summed E-state index contributed by atoms with van der Waals surface area (Å²) in [6, 6.07) is 9.44. The Morgan fingerprint density at radius 2 is 2.11 bits per heavy atom. The molecular weight excluding hydrogens is 244 g/mol. The molecule has 0 unspecified atom stereocenters. The topological polar surface area (TPSA) is 82.5 Å². The number of carboxylic acids is 1. The second kappa shape index (κ2) is 4.20. The third kappa shape index (κ3) is 1.95. The van der Waals surface area contributed by atoms with E-state index in [1.807, 2.05) is 30.3 Å². The molecule has 94 valence electrons. The maximum Gasteiger partial charge on any atom is 0.354 e. The van der Waals surface area contributed by atoms with Crippen LogP contribution in [0.3, 0.4) is 0 Å². The van der Waals surface area contributed by atoms with Gasteiger partial charge in [0.05, 0.1) is 6.21 Å². The van der Waals surface area contributed by atoms with Crippen molar-refractivity contribution in [2.24, 2.45) is 4.99 Å². The van der Waals surface area contributed by atoms with E-state index in [2.05, 4.69) is 9.98 Å². The quantitative estimate of drug-likeness (QED) is 0.859. The predicted octanol–water partition coefficient (Wildman–Crippen LogP) is 2.01. The van der Waals surface area contributed by atoms with E-state index < -0.39 is 5.97 Å². The largest absolute Gasteiger partial charge is 0.477 e. The molecule has 3 rings (SSSR count). The molecule has 0 radical (unpaired) electrons. The van der Waals surface area contributed by atoms with E-state index in [0.717, 1.165) is 17.1 Å². The SMILES string of the molecule is O=C1C=NC(C(=O)O)=C(c2cc3ccccc3[nH]2)C1. The van der Waals surface area contributed by atoms with Gasteiger partial charge < -0.3 is 10.1 Å². The van der Waals surface area contributed by atoms with Crippen molar-refractivity contribution in [1.29, 1.82) is 0 Å². The first-order valence-electron chi connectivity index (χ1n) is 5.76. The number of rotatable bonds is 2. The van der Waals surface area contributed by atoms with E-state index >= 15 is 0 Å². The number of hydrogen-bond donors (Lipinski definition) is 2. The van der Waals surface area contributed by atoms with Crippen molar-refractivity contribution in [2.45, 2.75) is 6.42 Å². The first kappa shape index (κ1) is 11.4. The molecule has 0 fully saturated rings. The lowest BCUT2D eigenvalue weighted by Crippen LogP contribution is -2.13. The van der Waals surface area contributed by atoms with Gasteiger partial charge in [-0.3, -0.25) is 4.79 Å². The zero-order chi connectivity index (χ0) is 13.4. The third-order valence-corrected chi connectivity index (χ3v) is 3.03. The van der Waals surface area contributed by atoms with Crippen LogP contribution in [0.4, 0.5) is 0 Å². The highest BCUT2D eigenvalue weighted by molar-refractivity contribution is 6.32. The summed E-state index contributed by atoms with van der Waals surface area (Å²) in [5, 5.41) is 10.1. The summed E-state index contributed by atoms with van der Waals surface area (Å²) in [4.78, 5) is 29.4. The Morgan fingerprint density at radius 3 is 2.84 bits per heavy atom. The first-order valence-corrected chi connectivity index (χ1v) is 5.76.